The van der Waals surface area contributed by atoms with Crippen molar-refractivity contribution in [1.82, 2.24) is 9.88 Å². The summed E-state index contributed by atoms with van der Waals surface area (Å²) < 4.78 is 25.2. The van der Waals surface area contributed by atoms with Gasteiger partial charge in [0.1, 0.15) is 5.76 Å². The monoisotopic (exact) mass is 430 g/mol. The molecule has 1 atom stereocenters. The van der Waals surface area contributed by atoms with Gasteiger partial charge in [0.2, 0.25) is 11.6 Å². The lowest BCUT2D eigenvalue weighted by Gasteiger charge is -2.21. The van der Waals surface area contributed by atoms with Crippen molar-refractivity contribution < 1.29 is 18.6 Å². The van der Waals surface area contributed by atoms with E-state index in [1.807, 2.05) is 42.6 Å². The molecule has 2 aromatic heterocycles. The molecule has 6 heteroatoms. The molecule has 2 aromatic carbocycles. The van der Waals surface area contributed by atoms with Crippen LogP contribution in [0.3, 0.4) is 0 Å². The van der Waals surface area contributed by atoms with Gasteiger partial charge in [0.05, 0.1) is 27.4 Å². The molecule has 164 valence electrons. The summed E-state index contributed by atoms with van der Waals surface area (Å²) in [7, 11) is 4.88. The predicted molar refractivity (Wildman–Crippen MR) is 123 cm³/mol. The van der Waals surface area contributed by atoms with Gasteiger partial charge in [-0.15, -0.1) is 0 Å². The molecule has 1 aliphatic rings. The lowest BCUT2D eigenvalue weighted by atomic mass is 10.0. The summed E-state index contributed by atoms with van der Waals surface area (Å²) in [5.74, 6) is 3.60. The molecule has 4 aromatic rings. The first-order valence-corrected chi connectivity index (χ1v) is 10.5. The highest BCUT2D eigenvalue weighted by Crippen LogP contribution is 2.43. The molecule has 0 fully saturated rings. The molecule has 32 heavy (non-hydrogen) atoms. The van der Waals surface area contributed by atoms with Crippen molar-refractivity contribution in [2.45, 2.75) is 19.5 Å². The maximum absolute atomic E-state index is 6.45. The van der Waals surface area contributed by atoms with Crippen LogP contribution in [0.2, 0.25) is 0 Å². The summed E-state index contributed by atoms with van der Waals surface area (Å²) in [6.45, 7) is 2.79. The Labute approximate surface area is 187 Å². The smallest absolute Gasteiger partial charge is 0.209 e. The fourth-order valence-electron chi connectivity index (χ4n) is 4.48. The summed E-state index contributed by atoms with van der Waals surface area (Å²) in [4.78, 5) is 0. The third-order valence-corrected chi connectivity index (χ3v) is 6.08. The number of nitrogens with zero attached hydrogens (tertiary/aromatic N) is 1. The molecule has 0 radical (unpaired) electrons. The number of furan rings is 1. The molecule has 0 saturated carbocycles. The highest BCUT2D eigenvalue weighted by Gasteiger charge is 2.29. The minimum Gasteiger partial charge on any atom is -0.493 e. The summed E-state index contributed by atoms with van der Waals surface area (Å²) in [5, 5.41) is 3.71. The lowest BCUT2D eigenvalue weighted by molar-refractivity contribution is 0.323. The molecule has 0 bridgehead atoms. The van der Waals surface area contributed by atoms with Gasteiger partial charge in [-0.2, -0.15) is 0 Å². The van der Waals surface area contributed by atoms with Gasteiger partial charge >= 0.3 is 0 Å². The summed E-state index contributed by atoms with van der Waals surface area (Å²) in [6, 6.07) is 18.3. The van der Waals surface area contributed by atoms with E-state index >= 15 is 0 Å². The molecule has 1 N–H and O–H groups in total. The fraction of sp³-hybridized carbons (Fsp3) is 0.231. The third-order valence-electron chi connectivity index (χ3n) is 6.08. The topological polar surface area (TPSA) is 57.8 Å². The Hall–Kier alpha value is -3.64. The van der Waals surface area contributed by atoms with Gasteiger partial charge in [-0.05, 0) is 36.8 Å². The van der Waals surface area contributed by atoms with Crippen molar-refractivity contribution in [2.24, 2.45) is 0 Å². The van der Waals surface area contributed by atoms with E-state index in [0.29, 0.717) is 23.8 Å². The van der Waals surface area contributed by atoms with Crippen molar-refractivity contribution >= 4 is 0 Å². The number of nitrogens with one attached hydrogen (secondary N) is 1. The quantitative estimate of drug-likeness (QED) is 0.468. The van der Waals surface area contributed by atoms with Gasteiger partial charge in [-0.1, -0.05) is 30.3 Å². The number of aromatic nitrogens is 1. The van der Waals surface area contributed by atoms with Crippen LogP contribution in [0.4, 0.5) is 0 Å². The summed E-state index contributed by atoms with van der Waals surface area (Å²) in [5.41, 5.74) is 5.46. The Morgan fingerprint density at radius 2 is 1.66 bits per heavy atom. The molecular weight excluding hydrogens is 404 g/mol. The molecule has 0 amide bonds. The van der Waals surface area contributed by atoms with Crippen LogP contribution in [0.5, 0.6) is 17.2 Å². The standard InChI is InChI=1S/C26H26N2O4/c1-16-19-15-27-23(18-13-21(29-2)25(31-4)22(14-18)30-3)20-11-8-12-28(20)26(19)32-24(16)17-9-6-5-7-10-17/h5-14,23,27H,15H2,1-4H3. The molecule has 0 aliphatic carbocycles. The number of benzene rings is 2. The second kappa shape index (κ2) is 8.13. The van der Waals surface area contributed by atoms with Crippen LogP contribution in [-0.2, 0) is 6.54 Å². The number of ether oxygens (including phenoxy) is 3. The summed E-state index contributed by atoms with van der Waals surface area (Å²) >= 11 is 0. The van der Waals surface area contributed by atoms with Crippen LogP contribution >= 0.6 is 0 Å². The zero-order valence-electron chi connectivity index (χ0n) is 18.6. The molecule has 5 rings (SSSR count). The van der Waals surface area contributed by atoms with Crippen molar-refractivity contribution in [1.29, 1.82) is 0 Å². The van der Waals surface area contributed by atoms with E-state index in [-0.39, 0.29) is 6.04 Å². The van der Waals surface area contributed by atoms with Crippen LogP contribution in [0.1, 0.15) is 28.4 Å². The van der Waals surface area contributed by atoms with E-state index in [4.69, 9.17) is 18.6 Å². The average molecular weight is 431 g/mol. The Bertz CT molecular complexity index is 1230. The first-order valence-electron chi connectivity index (χ1n) is 10.5. The maximum atomic E-state index is 6.45. The Morgan fingerprint density at radius 1 is 0.938 bits per heavy atom. The van der Waals surface area contributed by atoms with Crippen LogP contribution in [0, 0.1) is 6.92 Å². The van der Waals surface area contributed by atoms with E-state index in [9.17, 15) is 0 Å². The Kier molecular flexibility index (Phi) is 5.15. The van der Waals surface area contributed by atoms with Crippen molar-refractivity contribution in [3.63, 3.8) is 0 Å². The molecule has 6 nitrogen and oxygen atoms in total. The molecular formula is C26H26N2O4. The first-order chi connectivity index (χ1) is 15.7. The zero-order valence-corrected chi connectivity index (χ0v) is 18.6. The molecule has 3 heterocycles. The largest absolute Gasteiger partial charge is 0.493 e. The highest BCUT2D eigenvalue weighted by molar-refractivity contribution is 5.66. The molecule has 1 unspecified atom stereocenters. The fourth-order valence-corrected chi connectivity index (χ4v) is 4.48. The van der Waals surface area contributed by atoms with Crippen LogP contribution in [0.25, 0.3) is 17.2 Å². The summed E-state index contributed by atoms with van der Waals surface area (Å²) in [6.07, 6.45) is 2.05. The zero-order chi connectivity index (χ0) is 22.2. The Morgan fingerprint density at radius 3 is 2.31 bits per heavy atom. The van der Waals surface area contributed by atoms with Crippen molar-refractivity contribution in [3.05, 3.63) is 83.2 Å². The second-order valence-corrected chi connectivity index (χ2v) is 7.78. The number of hydrogen-bond donors (Lipinski definition) is 1. The second-order valence-electron chi connectivity index (χ2n) is 7.78. The van der Waals surface area contributed by atoms with Gasteiger partial charge in [-0.3, -0.25) is 4.57 Å². The number of hydrogen-bond acceptors (Lipinski definition) is 5. The molecule has 0 spiro atoms. The molecule has 1 aliphatic heterocycles. The maximum Gasteiger partial charge on any atom is 0.209 e. The van der Waals surface area contributed by atoms with Gasteiger partial charge < -0.3 is 23.9 Å². The average Bonchev–Trinajstić information content (AvgIpc) is 3.40. The van der Waals surface area contributed by atoms with Gasteiger partial charge in [0, 0.05) is 35.1 Å². The minimum absolute atomic E-state index is 0.0825. The van der Waals surface area contributed by atoms with E-state index in [1.165, 1.54) is 0 Å². The number of methoxy groups -OCH3 is 3. The van der Waals surface area contributed by atoms with E-state index in [0.717, 1.165) is 39.6 Å². The van der Waals surface area contributed by atoms with Gasteiger partial charge in [0.25, 0.3) is 0 Å². The van der Waals surface area contributed by atoms with E-state index < -0.39 is 0 Å². The minimum atomic E-state index is -0.0825. The third kappa shape index (κ3) is 3.15. The van der Waals surface area contributed by atoms with Gasteiger partial charge in [0.15, 0.2) is 11.5 Å². The van der Waals surface area contributed by atoms with E-state index in [1.54, 1.807) is 21.3 Å². The molecule has 0 saturated heterocycles. The van der Waals surface area contributed by atoms with Crippen molar-refractivity contribution in [2.75, 3.05) is 21.3 Å². The first kappa shape index (κ1) is 20.3. The normalized spacial score (nSPS) is 14.9. The predicted octanol–water partition coefficient (Wildman–Crippen LogP) is 5.26. The van der Waals surface area contributed by atoms with E-state index in [2.05, 4.69) is 35.0 Å². The Balaban J connectivity index is 1.62. The highest BCUT2D eigenvalue weighted by atomic mass is 16.5. The van der Waals surface area contributed by atoms with Gasteiger partial charge in [-0.25, -0.2) is 0 Å². The lowest BCUT2D eigenvalue weighted by Crippen LogP contribution is -2.21. The SMILES string of the molecule is COc1cc(C2NCc3c(oc(-c4ccccc4)c3C)-n3cccc32)cc(OC)c1OC. The van der Waals surface area contributed by atoms with Crippen molar-refractivity contribution in [3.8, 4) is 34.5 Å². The van der Waals surface area contributed by atoms with Crippen LogP contribution in [-0.4, -0.2) is 25.9 Å². The number of fused-ring (bicyclic) bond motifs is 3. The van der Waals surface area contributed by atoms with Crippen LogP contribution in [0.15, 0.2) is 65.2 Å². The number of rotatable bonds is 5. The van der Waals surface area contributed by atoms with Crippen LogP contribution < -0.4 is 19.5 Å².